The summed E-state index contributed by atoms with van der Waals surface area (Å²) in [4.78, 5) is 0. The van der Waals surface area contributed by atoms with E-state index in [4.69, 9.17) is 5.26 Å². The summed E-state index contributed by atoms with van der Waals surface area (Å²) >= 11 is 0. The summed E-state index contributed by atoms with van der Waals surface area (Å²) in [5, 5.41) is 11.8. The highest BCUT2D eigenvalue weighted by Gasteiger charge is 2.02. The zero-order chi connectivity index (χ0) is 11.4. The van der Waals surface area contributed by atoms with Gasteiger partial charge in [0.25, 0.3) is 0 Å². The van der Waals surface area contributed by atoms with Gasteiger partial charge in [-0.25, -0.2) is 4.39 Å². The van der Waals surface area contributed by atoms with Crippen LogP contribution in [0.25, 0.3) is 0 Å². The summed E-state index contributed by atoms with van der Waals surface area (Å²) in [6.07, 6.45) is 0. The fraction of sp³-hybridized carbons (Fsp3) is 0. The second-order valence-electron chi connectivity index (χ2n) is 3.30. The number of nitrogens with zero attached hydrogens (tertiary/aromatic N) is 1. The van der Waals surface area contributed by atoms with E-state index in [0.29, 0.717) is 5.69 Å². The van der Waals surface area contributed by atoms with Crippen LogP contribution < -0.4 is 5.32 Å². The Morgan fingerprint density at radius 1 is 1.00 bits per heavy atom. The molecule has 2 aromatic rings. The topological polar surface area (TPSA) is 35.8 Å². The molecule has 0 amide bonds. The van der Waals surface area contributed by atoms with Gasteiger partial charge >= 0.3 is 0 Å². The number of para-hydroxylation sites is 1. The molecule has 0 radical (unpaired) electrons. The van der Waals surface area contributed by atoms with Crippen molar-refractivity contribution < 1.29 is 4.39 Å². The number of benzene rings is 2. The summed E-state index contributed by atoms with van der Waals surface area (Å²) < 4.78 is 13.1. The Hall–Kier alpha value is -2.34. The normalized spacial score (nSPS) is 9.50. The molecule has 2 rings (SSSR count). The van der Waals surface area contributed by atoms with Gasteiger partial charge in [0, 0.05) is 11.4 Å². The van der Waals surface area contributed by atoms with E-state index in [2.05, 4.69) is 5.32 Å². The summed E-state index contributed by atoms with van der Waals surface area (Å²) in [5.41, 5.74) is 1.64. The molecule has 1 N–H and O–H groups in total. The Bertz CT molecular complexity index is 529. The van der Waals surface area contributed by atoms with E-state index in [1.54, 1.807) is 12.1 Å². The molecule has 0 heterocycles. The van der Waals surface area contributed by atoms with Crippen LogP contribution in [0, 0.1) is 17.1 Å². The molecule has 0 bridgehead atoms. The monoisotopic (exact) mass is 212 g/mol. The lowest BCUT2D eigenvalue weighted by molar-refractivity contribution is 0.624. The quantitative estimate of drug-likeness (QED) is 0.827. The van der Waals surface area contributed by atoms with E-state index in [9.17, 15) is 4.39 Å². The zero-order valence-electron chi connectivity index (χ0n) is 8.44. The second-order valence-corrected chi connectivity index (χ2v) is 3.30. The van der Waals surface area contributed by atoms with Gasteiger partial charge in [0.2, 0.25) is 0 Å². The van der Waals surface area contributed by atoms with Crippen LogP contribution in [0.5, 0.6) is 0 Å². The van der Waals surface area contributed by atoms with Crippen LogP contribution in [0.2, 0.25) is 0 Å². The number of nitrogens with one attached hydrogen (secondary N) is 1. The third-order valence-corrected chi connectivity index (χ3v) is 2.15. The first kappa shape index (κ1) is 10.2. The highest BCUT2D eigenvalue weighted by Crippen LogP contribution is 2.18. The lowest BCUT2D eigenvalue weighted by Crippen LogP contribution is -1.92. The molecule has 0 atom stereocenters. The molecule has 0 spiro atoms. The number of hydrogen-bond acceptors (Lipinski definition) is 2. The molecular formula is C13H9FN2. The maximum Gasteiger partial charge on any atom is 0.141 e. The Morgan fingerprint density at radius 2 is 1.75 bits per heavy atom. The average molecular weight is 212 g/mol. The highest BCUT2D eigenvalue weighted by molar-refractivity contribution is 5.61. The molecule has 0 aliphatic carbocycles. The van der Waals surface area contributed by atoms with E-state index < -0.39 is 5.82 Å². The molecule has 0 aromatic heterocycles. The molecule has 0 unspecified atom stereocenters. The van der Waals surface area contributed by atoms with Crippen LogP contribution in [0.3, 0.4) is 0 Å². The third kappa shape index (κ3) is 2.18. The molecule has 0 aliphatic rings. The van der Waals surface area contributed by atoms with Crippen LogP contribution >= 0.6 is 0 Å². The smallest absolute Gasteiger partial charge is 0.141 e. The molecule has 0 aliphatic heterocycles. The van der Waals surface area contributed by atoms with Crippen molar-refractivity contribution in [2.45, 2.75) is 0 Å². The summed E-state index contributed by atoms with van der Waals surface area (Å²) in [6.45, 7) is 0. The van der Waals surface area contributed by atoms with Crippen LogP contribution in [-0.2, 0) is 0 Å². The number of rotatable bonds is 2. The van der Waals surface area contributed by atoms with Crippen molar-refractivity contribution in [3.05, 3.63) is 59.9 Å². The van der Waals surface area contributed by atoms with Crippen molar-refractivity contribution in [1.29, 1.82) is 5.26 Å². The van der Waals surface area contributed by atoms with Crippen LogP contribution in [0.4, 0.5) is 15.8 Å². The molecule has 3 heteroatoms. The standard InChI is InChI=1S/C13H9FN2/c14-13-7-6-12(8-10(13)9-15)16-11-4-2-1-3-5-11/h1-8,16H. The molecule has 2 aromatic carbocycles. The minimum atomic E-state index is -0.499. The first-order valence-corrected chi connectivity index (χ1v) is 4.81. The lowest BCUT2D eigenvalue weighted by atomic mass is 10.2. The van der Waals surface area contributed by atoms with Crippen molar-refractivity contribution in [3.8, 4) is 6.07 Å². The first-order valence-electron chi connectivity index (χ1n) is 4.81. The van der Waals surface area contributed by atoms with Crippen molar-refractivity contribution in [2.75, 3.05) is 5.32 Å². The number of halogens is 1. The summed E-state index contributed by atoms with van der Waals surface area (Å²) in [6, 6.07) is 15.7. The molecule has 0 saturated heterocycles. The first-order chi connectivity index (χ1) is 7.79. The molecule has 2 nitrogen and oxygen atoms in total. The van der Waals surface area contributed by atoms with Crippen LogP contribution in [-0.4, -0.2) is 0 Å². The van der Waals surface area contributed by atoms with Gasteiger partial charge in [0.05, 0.1) is 5.56 Å². The van der Waals surface area contributed by atoms with Crippen LogP contribution in [0.1, 0.15) is 5.56 Å². The zero-order valence-corrected chi connectivity index (χ0v) is 8.44. The van der Waals surface area contributed by atoms with E-state index in [1.807, 2.05) is 30.3 Å². The van der Waals surface area contributed by atoms with Crippen molar-refractivity contribution in [3.63, 3.8) is 0 Å². The number of anilines is 2. The molecular weight excluding hydrogens is 203 g/mol. The van der Waals surface area contributed by atoms with E-state index in [-0.39, 0.29) is 5.56 Å². The number of hydrogen-bond donors (Lipinski definition) is 1. The lowest BCUT2D eigenvalue weighted by Gasteiger charge is -2.06. The molecule has 0 saturated carbocycles. The Morgan fingerprint density at radius 3 is 2.44 bits per heavy atom. The maximum absolute atomic E-state index is 13.1. The van der Waals surface area contributed by atoms with Gasteiger partial charge in [-0.15, -0.1) is 0 Å². The van der Waals surface area contributed by atoms with Gasteiger partial charge in [0.1, 0.15) is 11.9 Å². The Labute approximate surface area is 93.0 Å². The van der Waals surface area contributed by atoms with Gasteiger partial charge in [-0.3, -0.25) is 0 Å². The predicted molar refractivity (Wildman–Crippen MR) is 60.8 cm³/mol. The fourth-order valence-electron chi connectivity index (χ4n) is 1.38. The average Bonchev–Trinajstić information content (AvgIpc) is 2.33. The summed E-state index contributed by atoms with van der Waals surface area (Å²) in [7, 11) is 0. The maximum atomic E-state index is 13.1. The predicted octanol–water partition coefficient (Wildman–Crippen LogP) is 3.44. The molecule has 16 heavy (non-hydrogen) atoms. The largest absolute Gasteiger partial charge is 0.355 e. The van der Waals surface area contributed by atoms with Crippen molar-refractivity contribution in [1.82, 2.24) is 0 Å². The third-order valence-electron chi connectivity index (χ3n) is 2.15. The minimum Gasteiger partial charge on any atom is -0.355 e. The minimum absolute atomic E-state index is 0.0425. The molecule has 78 valence electrons. The summed E-state index contributed by atoms with van der Waals surface area (Å²) in [5.74, 6) is -0.499. The van der Waals surface area contributed by atoms with Gasteiger partial charge < -0.3 is 5.32 Å². The highest BCUT2D eigenvalue weighted by atomic mass is 19.1. The van der Waals surface area contributed by atoms with Gasteiger partial charge in [-0.2, -0.15) is 5.26 Å². The van der Waals surface area contributed by atoms with Crippen LogP contribution in [0.15, 0.2) is 48.5 Å². The molecule has 0 fully saturated rings. The Balaban J connectivity index is 2.27. The van der Waals surface area contributed by atoms with E-state index in [1.165, 1.54) is 12.1 Å². The van der Waals surface area contributed by atoms with Gasteiger partial charge in [-0.05, 0) is 30.3 Å². The van der Waals surface area contributed by atoms with Crippen molar-refractivity contribution >= 4 is 11.4 Å². The van der Waals surface area contributed by atoms with E-state index >= 15 is 0 Å². The Kier molecular flexibility index (Phi) is 2.84. The van der Waals surface area contributed by atoms with Crippen molar-refractivity contribution in [2.24, 2.45) is 0 Å². The van der Waals surface area contributed by atoms with E-state index in [0.717, 1.165) is 5.69 Å². The van der Waals surface area contributed by atoms with Gasteiger partial charge in [0.15, 0.2) is 0 Å². The van der Waals surface area contributed by atoms with Gasteiger partial charge in [-0.1, -0.05) is 18.2 Å². The fourth-order valence-corrected chi connectivity index (χ4v) is 1.38. The second kappa shape index (κ2) is 4.45. The number of nitriles is 1. The SMILES string of the molecule is N#Cc1cc(Nc2ccccc2)ccc1F.